The van der Waals surface area contributed by atoms with E-state index in [1.165, 1.54) is 186 Å². The molecule has 11 heteroatoms. The van der Waals surface area contributed by atoms with Gasteiger partial charge in [0.1, 0.15) is 36.6 Å². The lowest BCUT2D eigenvalue weighted by atomic mass is 9.98. The molecule has 1 aliphatic heterocycles. The maximum absolute atomic E-state index is 13.2. The first-order valence-electron chi connectivity index (χ1n) is 27.4. The number of rotatable bonds is 47. The molecule has 1 aliphatic rings. The van der Waals surface area contributed by atoms with Crippen LogP contribution in [0.5, 0.6) is 0 Å². The van der Waals surface area contributed by atoms with Gasteiger partial charge in [0.05, 0.1) is 25.4 Å². The summed E-state index contributed by atoms with van der Waals surface area (Å²) < 4.78 is 11.1. The first-order valence-corrected chi connectivity index (χ1v) is 27.4. The molecule has 0 radical (unpaired) electrons. The number of nitrogens with one attached hydrogen (secondary N) is 1. The fourth-order valence-corrected chi connectivity index (χ4v) is 9.15. The molecule has 8 N–H and O–H groups in total. The number of hydrogen-bond acceptors (Lipinski definition) is 10. The number of aliphatic hydroxyl groups is 7. The van der Waals surface area contributed by atoms with Gasteiger partial charge in [-0.2, -0.15) is 0 Å². The van der Waals surface area contributed by atoms with Crippen molar-refractivity contribution in [3.05, 3.63) is 0 Å². The normalized spacial score (nSPS) is 20.9. The van der Waals surface area contributed by atoms with Crippen LogP contribution in [0.15, 0.2) is 0 Å². The zero-order valence-electron chi connectivity index (χ0n) is 41.5. The second-order valence-corrected chi connectivity index (χ2v) is 19.7. The summed E-state index contributed by atoms with van der Waals surface area (Å²) in [6, 6.07) is -1.16. The van der Waals surface area contributed by atoms with Gasteiger partial charge in [0.25, 0.3) is 0 Å². The first kappa shape index (κ1) is 61.1. The molecule has 0 saturated carbocycles. The number of aliphatic hydroxyl groups excluding tert-OH is 7. The number of carbonyl (C=O) groups excluding carboxylic acids is 1. The van der Waals surface area contributed by atoms with Gasteiger partial charge in [-0.3, -0.25) is 4.79 Å². The van der Waals surface area contributed by atoms with E-state index in [4.69, 9.17) is 9.47 Å². The van der Waals surface area contributed by atoms with Gasteiger partial charge in [-0.25, -0.2) is 0 Å². The zero-order chi connectivity index (χ0) is 46.9. The van der Waals surface area contributed by atoms with Crippen molar-refractivity contribution < 1.29 is 50.0 Å². The monoisotopic (exact) mass is 916 g/mol. The Balaban J connectivity index is 2.34. The Labute approximate surface area is 392 Å². The largest absolute Gasteiger partial charge is 0.394 e. The highest BCUT2D eigenvalue weighted by molar-refractivity contribution is 5.80. The van der Waals surface area contributed by atoms with Gasteiger partial charge in [0.15, 0.2) is 6.29 Å². The van der Waals surface area contributed by atoms with Gasteiger partial charge in [0.2, 0.25) is 5.91 Å². The molecule has 64 heavy (non-hydrogen) atoms. The quantitative estimate of drug-likeness (QED) is 0.0273. The van der Waals surface area contributed by atoms with E-state index in [2.05, 4.69) is 19.2 Å². The van der Waals surface area contributed by atoms with Crippen molar-refractivity contribution in [2.75, 3.05) is 13.2 Å². The number of ether oxygens (including phenoxy) is 2. The topological polar surface area (TPSA) is 189 Å². The van der Waals surface area contributed by atoms with Crippen molar-refractivity contribution in [3.8, 4) is 0 Å². The number of amides is 1. The summed E-state index contributed by atoms with van der Waals surface area (Å²) in [5.74, 6) is -0.691. The molecule has 9 atom stereocenters. The third kappa shape index (κ3) is 32.0. The summed E-state index contributed by atoms with van der Waals surface area (Å²) in [5.41, 5.74) is 0. The summed E-state index contributed by atoms with van der Waals surface area (Å²) in [7, 11) is 0. The Morgan fingerprint density at radius 2 is 0.812 bits per heavy atom. The van der Waals surface area contributed by atoms with Gasteiger partial charge in [0, 0.05) is 0 Å². The Morgan fingerprint density at radius 1 is 0.484 bits per heavy atom. The molecule has 0 aromatic carbocycles. The average Bonchev–Trinajstić information content (AvgIpc) is 3.29. The van der Waals surface area contributed by atoms with E-state index in [0.717, 1.165) is 38.5 Å². The molecular weight excluding hydrogens is 811 g/mol. The fraction of sp³-hybridized carbons (Fsp3) is 0.981. The summed E-state index contributed by atoms with van der Waals surface area (Å²) in [6.07, 6.45) is 35.7. The van der Waals surface area contributed by atoms with Gasteiger partial charge >= 0.3 is 0 Å². The molecule has 11 nitrogen and oxygen atoms in total. The van der Waals surface area contributed by atoms with E-state index >= 15 is 0 Å². The molecule has 1 rings (SSSR count). The van der Waals surface area contributed by atoms with Crippen LogP contribution >= 0.6 is 0 Å². The summed E-state index contributed by atoms with van der Waals surface area (Å²) in [6.45, 7) is 3.49. The number of carbonyl (C=O) groups is 1. The Morgan fingerprint density at radius 3 is 1.16 bits per heavy atom. The van der Waals surface area contributed by atoms with E-state index in [-0.39, 0.29) is 6.42 Å². The molecule has 0 bridgehead atoms. The van der Waals surface area contributed by atoms with Crippen LogP contribution in [0, 0.1) is 0 Å². The van der Waals surface area contributed by atoms with Gasteiger partial charge < -0.3 is 50.5 Å². The summed E-state index contributed by atoms with van der Waals surface area (Å²) in [5, 5.41) is 76.0. The SMILES string of the molecule is CCCCCCCCCCCCCCCCCCCCCC(O)C(=O)NC(COC1OC(CO)C(O)C(O)C1O)C(O)C(O)CCCCCCCCCCCCCCCCCCCC. The van der Waals surface area contributed by atoms with Crippen LogP contribution in [0.2, 0.25) is 0 Å². The Bertz CT molecular complexity index is 1010. The van der Waals surface area contributed by atoms with Crippen LogP contribution in [-0.4, -0.2) is 110 Å². The third-order valence-electron chi connectivity index (χ3n) is 13.7. The highest BCUT2D eigenvalue weighted by Crippen LogP contribution is 2.23. The lowest BCUT2D eigenvalue weighted by Crippen LogP contribution is -2.60. The van der Waals surface area contributed by atoms with Crippen LogP contribution in [0.25, 0.3) is 0 Å². The highest BCUT2D eigenvalue weighted by Gasteiger charge is 2.44. The predicted molar refractivity (Wildman–Crippen MR) is 261 cm³/mol. The Hall–Kier alpha value is -0.890. The molecule has 0 aliphatic carbocycles. The van der Waals surface area contributed by atoms with Crippen LogP contribution < -0.4 is 5.32 Å². The lowest BCUT2D eigenvalue weighted by Gasteiger charge is -2.40. The van der Waals surface area contributed by atoms with Crippen LogP contribution in [-0.2, 0) is 14.3 Å². The smallest absolute Gasteiger partial charge is 0.249 e. The number of unbranched alkanes of at least 4 members (excludes halogenated alkanes) is 35. The highest BCUT2D eigenvalue weighted by atomic mass is 16.7. The standard InChI is InChI=1S/C53H105NO10/c1-3-5-7-9-11-13-15-17-19-21-23-25-27-29-31-33-35-37-39-41-46(57)52(62)54-44(43-63-53-51(61)50(60)49(59)47(42-55)64-53)48(58)45(56)40-38-36-34-32-30-28-26-24-22-20-18-16-14-12-10-8-6-4-2/h44-51,53,55-61H,3-43H2,1-2H3,(H,54,62). The molecule has 382 valence electrons. The van der Waals surface area contributed by atoms with Gasteiger partial charge in [-0.15, -0.1) is 0 Å². The predicted octanol–water partition coefficient (Wildman–Crippen LogP) is 10.6. The van der Waals surface area contributed by atoms with E-state index < -0.39 is 74.2 Å². The van der Waals surface area contributed by atoms with Gasteiger partial charge in [-0.1, -0.05) is 251 Å². The number of hydrogen-bond donors (Lipinski definition) is 8. The molecule has 1 saturated heterocycles. The molecule has 0 aromatic rings. The minimum Gasteiger partial charge on any atom is -0.394 e. The molecule has 0 spiro atoms. The molecular formula is C53H105NO10. The molecule has 9 unspecified atom stereocenters. The minimum atomic E-state index is -1.66. The molecule has 1 heterocycles. The molecule has 0 aromatic heterocycles. The maximum Gasteiger partial charge on any atom is 0.249 e. The van der Waals surface area contributed by atoms with Crippen molar-refractivity contribution in [2.24, 2.45) is 0 Å². The summed E-state index contributed by atoms with van der Waals surface area (Å²) in [4.78, 5) is 13.2. The average molecular weight is 916 g/mol. The van der Waals surface area contributed by atoms with Crippen LogP contribution in [0.1, 0.15) is 264 Å². The maximum atomic E-state index is 13.2. The van der Waals surface area contributed by atoms with Crippen molar-refractivity contribution in [2.45, 2.75) is 319 Å². The van der Waals surface area contributed by atoms with E-state index in [9.17, 15) is 40.5 Å². The van der Waals surface area contributed by atoms with Crippen molar-refractivity contribution in [3.63, 3.8) is 0 Å². The van der Waals surface area contributed by atoms with Crippen molar-refractivity contribution >= 4 is 5.91 Å². The Kier molecular flexibility index (Phi) is 41.4. The molecule has 1 fully saturated rings. The van der Waals surface area contributed by atoms with Crippen molar-refractivity contribution in [1.82, 2.24) is 5.32 Å². The lowest BCUT2D eigenvalue weighted by molar-refractivity contribution is -0.303. The minimum absolute atomic E-state index is 0.267. The van der Waals surface area contributed by atoms with E-state index in [0.29, 0.717) is 19.3 Å². The van der Waals surface area contributed by atoms with Gasteiger partial charge in [-0.05, 0) is 12.8 Å². The summed E-state index contributed by atoms with van der Waals surface area (Å²) >= 11 is 0. The second-order valence-electron chi connectivity index (χ2n) is 19.7. The molecule has 1 amide bonds. The zero-order valence-corrected chi connectivity index (χ0v) is 41.5. The van der Waals surface area contributed by atoms with Crippen LogP contribution in [0.4, 0.5) is 0 Å². The third-order valence-corrected chi connectivity index (χ3v) is 13.7. The first-order chi connectivity index (χ1) is 31.2. The van der Waals surface area contributed by atoms with E-state index in [1.54, 1.807) is 0 Å². The van der Waals surface area contributed by atoms with Crippen molar-refractivity contribution in [1.29, 1.82) is 0 Å². The second kappa shape index (κ2) is 43.4. The fourth-order valence-electron chi connectivity index (χ4n) is 9.15. The van der Waals surface area contributed by atoms with Crippen LogP contribution in [0.3, 0.4) is 0 Å². The van der Waals surface area contributed by atoms with E-state index in [1.807, 2.05) is 0 Å².